The van der Waals surface area contributed by atoms with Gasteiger partial charge >= 0.3 is 5.97 Å². The summed E-state index contributed by atoms with van der Waals surface area (Å²) in [6, 6.07) is 3.59. The Balaban J connectivity index is 2.02. The Kier molecular flexibility index (Phi) is 4.14. The average Bonchev–Trinajstić information content (AvgIpc) is 3.21. The monoisotopic (exact) mass is 286 g/mol. The van der Waals surface area contributed by atoms with Crippen molar-refractivity contribution in [2.75, 3.05) is 12.9 Å². The van der Waals surface area contributed by atoms with E-state index in [1.54, 1.807) is 12.3 Å². The van der Waals surface area contributed by atoms with E-state index in [-0.39, 0.29) is 11.9 Å². The first-order chi connectivity index (χ1) is 8.56. The molecule has 1 aromatic rings. The van der Waals surface area contributed by atoms with Crippen LogP contribution in [0.4, 0.5) is 0 Å². The minimum absolute atomic E-state index is 0.227. The molecular formula is C12H15ClN2O2S. The Bertz CT molecular complexity index is 436. The summed E-state index contributed by atoms with van der Waals surface area (Å²) in [6.07, 6.45) is 3.55. The number of esters is 1. The lowest BCUT2D eigenvalue weighted by atomic mass is 9.97. The fourth-order valence-corrected chi connectivity index (χ4v) is 2.92. The molecule has 1 fully saturated rings. The molecule has 2 N–H and O–H groups in total. The van der Waals surface area contributed by atoms with Crippen molar-refractivity contribution >= 4 is 29.3 Å². The third-order valence-electron chi connectivity index (χ3n) is 3.03. The number of carbonyl (C=O) groups excluding carboxylic acids is 1. The molecule has 4 nitrogen and oxygen atoms in total. The van der Waals surface area contributed by atoms with Crippen molar-refractivity contribution in [3.8, 4) is 0 Å². The van der Waals surface area contributed by atoms with Gasteiger partial charge in [-0.2, -0.15) is 0 Å². The van der Waals surface area contributed by atoms with Crippen LogP contribution in [0.1, 0.15) is 12.8 Å². The second-order valence-corrected chi connectivity index (χ2v) is 5.84. The Labute approximate surface area is 115 Å². The number of nitrogens with zero attached hydrogens (tertiary/aromatic N) is 1. The fourth-order valence-electron chi connectivity index (χ4n) is 1.77. The number of nitrogens with two attached hydrogens (primary N) is 1. The Morgan fingerprint density at radius 3 is 2.89 bits per heavy atom. The van der Waals surface area contributed by atoms with Crippen molar-refractivity contribution in [1.82, 2.24) is 4.98 Å². The third-order valence-corrected chi connectivity index (χ3v) is 4.41. The standard InChI is InChI=1S/C12H15ClN2O2S/c1-17-11(16)12(14,8-2-3-8)7-18-10-5-4-9(13)6-15-10/h4-6,8H,2-3,7,14H2,1H3. The topological polar surface area (TPSA) is 65.2 Å². The number of ether oxygens (including phenoxy) is 1. The number of aromatic nitrogens is 1. The van der Waals surface area contributed by atoms with Gasteiger partial charge in [-0.1, -0.05) is 11.6 Å². The van der Waals surface area contributed by atoms with Crippen molar-refractivity contribution < 1.29 is 9.53 Å². The summed E-state index contributed by atoms with van der Waals surface area (Å²) in [4.78, 5) is 16.0. The number of halogens is 1. The van der Waals surface area contributed by atoms with Crippen molar-refractivity contribution in [2.24, 2.45) is 11.7 Å². The summed E-state index contributed by atoms with van der Waals surface area (Å²) < 4.78 is 4.81. The molecule has 0 amide bonds. The third kappa shape index (κ3) is 2.96. The molecule has 2 rings (SSSR count). The molecule has 1 saturated carbocycles. The summed E-state index contributed by atoms with van der Waals surface area (Å²) in [5, 5.41) is 1.40. The number of hydrogen-bond acceptors (Lipinski definition) is 5. The second kappa shape index (κ2) is 5.47. The zero-order valence-electron chi connectivity index (χ0n) is 10.1. The minimum Gasteiger partial charge on any atom is -0.468 e. The van der Waals surface area contributed by atoms with Crippen LogP contribution in [-0.4, -0.2) is 29.4 Å². The van der Waals surface area contributed by atoms with E-state index in [2.05, 4.69) is 4.98 Å². The maximum atomic E-state index is 11.8. The quantitative estimate of drug-likeness (QED) is 0.663. The average molecular weight is 287 g/mol. The van der Waals surface area contributed by atoms with Gasteiger partial charge in [-0.05, 0) is 30.9 Å². The first-order valence-electron chi connectivity index (χ1n) is 5.68. The van der Waals surface area contributed by atoms with E-state index < -0.39 is 5.54 Å². The highest BCUT2D eigenvalue weighted by Crippen LogP contribution is 2.41. The largest absolute Gasteiger partial charge is 0.468 e. The van der Waals surface area contributed by atoms with Crippen LogP contribution in [0.3, 0.4) is 0 Å². The molecule has 1 heterocycles. The van der Waals surface area contributed by atoms with Crippen LogP contribution < -0.4 is 5.73 Å². The first kappa shape index (κ1) is 13.6. The smallest absolute Gasteiger partial charge is 0.327 e. The summed E-state index contributed by atoms with van der Waals surface area (Å²) in [5.41, 5.74) is 5.28. The minimum atomic E-state index is -0.902. The zero-order chi connectivity index (χ0) is 13.2. The second-order valence-electron chi connectivity index (χ2n) is 4.41. The number of pyridine rings is 1. The SMILES string of the molecule is COC(=O)C(N)(CSc1ccc(Cl)cn1)C1CC1. The molecular weight excluding hydrogens is 272 g/mol. The molecule has 0 bridgehead atoms. The van der Waals surface area contributed by atoms with Crippen LogP contribution in [0.15, 0.2) is 23.4 Å². The highest BCUT2D eigenvalue weighted by atomic mass is 35.5. The highest BCUT2D eigenvalue weighted by molar-refractivity contribution is 7.99. The molecule has 0 spiro atoms. The fraction of sp³-hybridized carbons (Fsp3) is 0.500. The Hall–Kier alpha value is -0.780. The molecule has 0 aromatic carbocycles. The van der Waals surface area contributed by atoms with Gasteiger partial charge in [0, 0.05) is 11.9 Å². The van der Waals surface area contributed by atoms with E-state index in [4.69, 9.17) is 22.1 Å². The number of hydrogen-bond donors (Lipinski definition) is 1. The molecule has 1 aromatic heterocycles. The lowest BCUT2D eigenvalue weighted by molar-refractivity contribution is -0.146. The summed E-state index contributed by atoms with van der Waals surface area (Å²) >= 11 is 7.22. The van der Waals surface area contributed by atoms with Gasteiger partial charge in [-0.3, -0.25) is 4.79 Å². The summed E-state index contributed by atoms with van der Waals surface area (Å²) in [7, 11) is 1.37. The Morgan fingerprint density at radius 1 is 1.67 bits per heavy atom. The van der Waals surface area contributed by atoms with E-state index in [1.165, 1.54) is 18.9 Å². The van der Waals surface area contributed by atoms with Gasteiger partial charge in [0.15, 0.2) is 0 Å². The Morgan fingerprint density at radius 2 is 2.39 bits per heavy atom. The molecule has 1 unspecified atom stereocenters. The molecule has 18 heavy (non-hydrogen) atoms. The molecule has 6 heteroatoms. The number of methoxy groups -OCH3 is 1. The van der Waals surface area contributed by atoms with Crippen LogP contribution >= 0.6 is 23.4 Å². The van der Waals surface area contributed by atoms with Crippen molar-refractivity contribution in [2.45, 2.75) is 23.4 Å². The van der Waals surface area contributed by atoms with E-state index in [1.807, 2.05) is 6.07 Å². The molecule has 0 aliphatic heterocycles. The van der Waals surface area contributed by atoms with Crippen LogP contribution in [0.25, 0.3) is 0 Å². The first-order valence-corrected chi connectivity index (χ1v) is 7.04. The van der Waals surface area contributed by atoms with Gasteiger partial charge in [-0.25, -0.2) is 4.98 Å². The van der Waals surface area contributed by atoms with Crippen molar-refractivity contribution in [3.05, 3.63) is 23.4 Å². The molecule has 1 atom stereocenters. The van der Waals surface area contributed by atoms with E-state index in [0.717, 1.165) is 17.9 Å². The van der Waals surface area contributed by atoms with Crippen LogP contribution in [0.5, 0.6) is 0 Å². The van der Waals surface area contributed by atoms with Crippen LogP contribution in [-0.2, 0) is 9.53 Å². The predicted molar refractivity (Wildman–Crippen MR) is 71.6 cm³/mol. The lowest BCUT2D eigenvalue weighted by Gasteiger charge is -2.25. The molecule has 0 saturated heterocycles. The number of rotatable bonds is 5. The van der Waals surface area contributed by atoms with E-state index in [9.17, 15) is 4.79 Å². The van der Waals surface area contributed by atoms with E-state index in [0.29, 0.717) is 10.8 Å². The number of carbonyl (C=O) groups is 1. The van der Waals surface area contributed by atoms with Gasteiger partial charge in [-0.15, -0.1) is 11.8 Å². The van der Waals surface area contributed by atoms with Crippen LogP contribution in [0.2, 0.25) is 5.02 Å². The van der Waals surface area contributed by atoms with Gasteiger partial charge in [0.05, 0.1) is 17.2 Å². The van der Waals surface area contributed by atoms with Gasteiger partial charge in [0.25, 0.3) is 0 Å². The zero-order valence-corrected chi connectivity index (χ0v) is 11.6. The maximum absolute atomic E-state index is 11.8. The molecule has 98 valence electrons. The predicted octanol–water partition coefficient (Wildman–Crippen LogP) is 2.11. The molecule has 1 aliphatic carbocycles. The molecule has 1 aliphatic rings. The van der Waals surface area contributed by atoms with Gasteiger partial charge in [0.2, 0.25) is 0 Å². The summed E-state index contributed by atoms with van der Waals surface area (Å²) in [6.45, 7) is 0. The lowest BCUT2D eigenvalue weighted by Crippen LogP contribution is -2.53. The van der Waals surface area contributed by atoms with Gasteiger partial charge < -0.3 is 10.5 Å². The summed E-state index contributed by atoms with van der Waals surface area (Å²) in [5.74, 6) is 0.357. The van der Waals surface area contributed by atoms with Crippen LogP contribution in [0, 0.1) is 5.92 Å². The highest BCUT2D eigenvalue weighted by Gasteiger charge is 2.48. The van der Waals surface area contributed by atoms with Gasteiger partial charge in [0.1, 0.15) is 5.54 Å². The normalized spacial score (nSPS) is 18.2. The maximum Gasteiger partial charge on any atom is 0.327 e. The van der Waals surface area contributed by atoms with Crippen molar-refractivity contribution in [3.63, 3.8) is 0 Å². The van der Waals surface area contributed by atoms with E-state index >= 15 is 0 Å². The van der Waals surface area contributed by atoms with Crippen molar-refractivity contribution in [1.29, 1.82) is 0 Å². The molecule has 0 radical (unpaired) electrons. The number of thioether (sulfide) groups is 1.